The Balaban J connectivity index is 1.26. The second-order valence-corrected chi connectivity index (χ2v) is 11.3. The molecule has 1 atom stereocenters. The number of alkyl halides is 2. The Kier molecular flexibility index (Phi) is 10.1. The molecule has 39 heavy (non-hydrogen) atoms. The highest BCUT2D eigenvalue weighted by atomic mass is 19.3. The molecule has 1 fully saturated rings. The van der Waals surface area contributed by atoms with Gasteiger partial charge in [-0.15, -0.1) is 0 Å². The second-order valence-electron chi connectivity index (χ2n) is 11.3. The fourth-order valence-electron chi connectivity index (χ4n) is 6.16. The maximum atomic E-state index is 15.0. The van der Waals surface area contributed by atoms with Gasteiger partial charge < -0.3 is 4.74 Å². The molecule has 0 bridgehead atoms. The number of benzene rings is 2. The first-order valence-corrected chi connectivity index (χ1v) is 14.3. The van der Waals surface area contributed by atoms with Crippen LogP contribution in [0.1, 0.15) is 88.7 Å². The fourth-order valence-corrected chi connectivity index (χ4v) is 6.16. The van der Waals surface area contributed by atoms with E-state index in [1.807, 2.05) is 0 Å². The molecule has 7 heteroatoms. The van der Waals surface area contributed by atoms with Crippen molar-refractivity contribution in [2.75, 3.05) is 0 Å². The molecule has 2 aliphatic rings. The molecule has 4 rings (SSSR count). The second kappa shape index (κ2) is 13.3. The van der Waals surface area contributed by atoms with Gasteiger partial charge in [0, 0.05) is 6.07 Å². The minimum absolute atomic E-state index is 0.0571. The highest BCUT2D eigenvalue weighted by Gasteiger charge is 2.45. The van der Waals surface area contributed by atoms with E-state index in [1.54, 1.807) is 5.57 Å². The van der Waals surface area contributed by atoms with E-state index in [9.17, 15) is 17.6 Å². The summed E-state index contributed by atoms with van der Waals surface area (Å²) in [7, 11) is 0. The lowest BCUT2D eigenvalue weighted by Crippen LogP contribution is -2.38. The minimum Gasteiger partial charge on any atom is -0.432 e. The quantitative estimate of drug-likeness (QED) is 0.117. The number of halogens is 6. The first kappa shape index (κ1) is 29.5. The molecule has 0 radical (unpaired) electrons. The number of unbranched alkanes of at least 4 members (excludes halogenated alkanes) is 2. The molecule has 0 spiro atoms. The molecule has 0 N–H and O–H groups in total. The SMILES string of the molecule is CCCCCC1=CCC(C2CCC(C(F)(F)Oc3ccc(CCc4cc(F)c(F)c(F)c4)c(F)c3)CC2)CC1. The summed E-state index contributed by atoms with van der Waals surface area (Å²) in [5, 5.41) is 0. The standard InChI is InChI=1S/C32H38F6O/c1-2-3-4-5-21-6-9-23(10-7-21)24-12-15-26(16-13-24)32(37,38)39-27-17-14-25(28(33)20-27)11-8-22-18-29(34)31(36)30(35)19-22/h6,14,17-20,23-24,26H,2-5,7-13,15-16H2,1H3. The van der Waals surface area contributed by atoms with E-state index in [0.717, 1.165) is 50.3 Å². The van der Waals surface area contributed by atoms with Crippen molar-refractivity contribution in [3.05, 3.63) is 76.4 Å². The molecule has 1 nitrogen and oxygen atoms in total. The van der Waals surface area contributed by atoms with Gasteiger partial charge in [-0.25, -0.2) is 17.6 Å². The predicted octanol–water partition coefficient (Wildman–Crippen LogP) is 10.1. The molecule has 0 aliphatic heterocycles. The molecule has 0 amide bonds. The van der Waals surface area contributed by atoms with E-state index < -0.39 is 35.3 Å². The van der Waals surface area contributed by atoms with Crippen molar-refractivity contribution in [1.29, 1.82) is 0 Å². The summed E-state index contributed by atoms with van der Waals surface area (Å²) >= 11 is 0. The number of rotatable bonds is 11. The first-order chi connectivity index (χ1) is 18.7. The summed E-state index contributed by atoms with van der Waals surface area (Å²) in [5.74, 6) is -5.06. The summed E-state index contributed by atoms with van der Waals surface area (Å²) in [6.07, 6.45) is 9.64. The van der Waals surface area contributed by atoms with Crippen molar-refractivity contribution in [2.45, 2.75) is 96.5 Å². The van der Waals surface area contributed by atoms with Crippen molar-refractivity contribution in [2.24, 2.45) is 17.8 Å². The summed E-state index contributed by atoms with van der Waals surface area (Å²) < 4.78 is 89.6. The van der Waals surface area contributed by atoms with Gasteiger partial charge in [-0.1, -0.05) is 37.5 Å². The van der Waals surface area contributed by atoms with Crippen LogP contribution in [0, 0.1) is 41.0 Å². The number of aryl methyl sites for hydroxylation is 2. The molecular weight excluding hydrogens is 514 g/mol. The molecule has 0 aromatic heterocycles. The van der Waals surface area contributed by atoms with Crippen LogP contribution in [0.3, 0.4) is 0 Å². The Morgan fingerprint density at radius 2 is 1.51 bits per heavy atom. The number of allylic oxidation sites excluding steroid dienone is 2. The summed E-state index contributed by atoms with van der Waals surface area (Å²) in [6.45, 7) is 2.21. The Labute approximate surface area is 227 Å². The molecule has 0 heterocycles. The van der Waals surface area contributed by atoms with Crippen molar-refractivity contribution in [3.63, 3.8) is 0 Å². The molecular formula is C32H38F6O. The van der Waals surface area contributed by atoms with Crippen molar-refractivity contribution in [1.82, 2.24) is 0 Å². The van der Waals surface area contributed by atoms with E-state index in [1.165, 1.54) is 37.8 Å². The van der Waals surface area contributed by atoms with Crippen LogP contribution in [0.2, 0.25) is 0 Å². The topological polar surface area (TPSA) is 9.23 Å². The Morgan fingerprint density at radius 1 is 0.795 bits per heavy atom. The van der Waals surface area contributed by atoms with Gasteiger partial charge in [-0.3, -0.25) is 0 Å². The van der Waals surface area contributed by atoms with Crippen LogP contribution in [0.25, 0.3) is 0 Å². The molecule has 2 aromatic carbocycles. The first-order valence-electron chi connectivity index (χ1n) is 14.3. The fraction of sp³-hybridized carbons (Fsp3) is 0.562. The van der Waals surface area contributed by atoms with E-state index >= 15 is 8.78 Å². The molecule has 1 unspecified atom stereocenters. The average Bonchev–Trinajstić information content (AvgIpc) is 2.91. The molecule has 2 aliphatic carbocycles. The average molecular weight is 553 g/mol. The minimum atomic E-state index is -3.40. The molecule has 0 saturated heterocycles. The third-order valence-electron chi connectivity index (χ3n) is 8.57. The van der Waals surface area contributed by atoms with E-state index in [-0.39, 0.29) is 29.7 Å². The van der Waals surface area contributed by atoms with E-state index in [2.05, 4.69) is 13.0 Å². The van der Waals surface area contributed by atoms with Crippen LogP contribution >= 0.6 is 0 Å². The molecule has 214 valence electrons. The molecule has 1 saturated carbocycles. The number of ether oxygens (including phenoxy) is 1. The van der Waals surface area contributed by atoms with Crippen LogP contribution in [-0.2, 0) is 12.8 Å². The normalized spacial score (nSPS) is 22.0. The van der Waals surface area contributed by atoms with Crippen LogP contribution in [-0.4, -0.2) is 6.11 Å². The highest BCUT2D eigenvalue weighted by Crippen LogP contribution is 2.45. The van der Waals surface area contributed by atoms with Crippen LogP contribution in [0.5, 0.6) is 5.75 Å². The lowest BCUT2D eigenvalue weighted by atomic mass is 9.71. The number of hydrogen-bond donors (Lipinski definition) is 0. The molecule has 2 aromatic rings. The zero-order valence-corrected chi connectivity index (χ0v) is 22.6. The largest absolute Gasteiger partial charge is 0.432 e. The monoisotopic (exact) mass is 552 g/mol. The van der Waals surface area contributed by atoms with E-state index in [0.29, 0.717) is 24.7 Å². The third kappa shape index (κ3) is 7.82. The third-order valence-corrected chi connectivity index (χ3v) is 8.57. The summed E-state index contributed by atoms with van der Waals surface area (Å²) in [6, 6.07) is 5.27. The Morgan fingerprint density at radius 3 is 2.13 bits per heavy atom. The highest BCUT2D eigenvalue weighted by molar-refractivity contribution is 5.30. The van der Waals surface area contributed by atoms with Gasteiger partial charge in [0.2, 0.25) is 0 Å². The maximum absolute atomic E-state index is 15.0. The van der Waals surface area contributed by atoms with Gasteiger partial charge in [-0.2, -0.15) is 8.78 Å². The Hall–Kier alpha value is -2.44. The van der Waals surface area contributed by atoms with Crippen molar-refractivity contribution in [3.8, 4) is 5.75 Å². The predicted molar refractivity (Wildman–Crippen MR) is 141 cm³/mol. The van der Waals surface area contributed by atoms with Gasteiger partial charge in [0.25, 0.3) is 0 Å². The van der Waals surface area contributed by atoms with Crippen LogP contribution < -0.4 is 4.74 Å². The van der Waals surface area contributed by atoms with Crippen LogP contribution in [0.15, 0.2) is 42.0 Å². The van der Waals surface area contributed by atoms with Gasteiger partial charge in [0.15, 0.2) is 17.5 Å². The van der Waals surface area contributed by atoms with Gasteiger partial charge >= 0.3 is 6.11 Å². The summed E-state index contributed by atoms with van der Waals surface area (Å²) in [4.78, 5) is 0. The zero-order chi connectivity index (χ0) is 28.0. The van der Waals surface area contributed by atoms with Gasteiger partial charge in [0.1, 0.15) is 11.6 Å². The van der Waals surface area contributed by atoms with Gasteiger partial charge in [0.05, 0.1) is 5.92 Å². The lowest BCUT2D eigenvalue weighted by molar-refractivity contribution is -0.224. The van der Waals surface area contributed by atoms with Crippen molar-refractivity contribution >= 4 is 0 Å². The number of hydrogen-bond acceptors (Lipinski definition) is 1. The maximum Gasteiger partial charge on any atom is 0.400 e. The van der Waals surface area contributed by atoms with Gasteiger partial charge in [-0.05, 0) is 112 Å². The Bertz CT molecular complexity index is 1110. The van der Waals surface area contributed by atoms with E-state index in [4.69, 9.17) is 4.74 Å². The lowest BCUT2D eigenvalue weighted by Gasteiger charge is -2.37. The zero-order valence-electron chi connectivity index (χ0n) is 22.6. The van der Waals surface area contributed by atoms with Crippen LogP contribution in [0.4, 0.5) is 26.3 Å². The smallest absolute Gasteiger partial charge is 0.400 e. The van der Waals surface area contributed by atoms with Crippen molar-refractivity contribution < 1.29 is 31.1 Å². The summed E-state index contributed by atoms with van der Waals surface area (Å²) in [5.41, 5.74) is 1.92.